The van der Waals surface area contributed by atoms with Gasteiger partial charge in [-0.25, -0.2) is 0 Å². The van der Waals surface area contributed by atoms with Crippen LogP contribution in [0.5, 0.6) is 0 Å². The molecule has 1 fully saturated rings. The van der Waals surface area contributed by atoms with E-state index in [4.69, 9.17) is 0 Å². The molecular weight excluding hydrogens is 346 g/mol. The van der Waals surface area contributed by atoms with Gasteiger partial charge in [0.15, 0.2) is 0 Å². The molecule has 1 amide bonds. The Morgan fingerprint density at radius 1 is 1.00 bits per heavy atom. The highest BCUT2D eigenvalue weighted by Crippen LogP contribution is 2.29. The Bertz CT molecular complexity index is 801. The number of carbonyl (C=O) groups excluding carboxylic acids is 1. The molecule has 2 aromatic carbocycles. The van der Waals surface area contributed by atoms with E-state index in [-0.39, 0.29) is 11.3 Å². The highest BCUT2D eigenvalue weighted by Gasteiger charge is 2.21. The zero-order chi connectivity index (χ0) is 20.1. The summed E-state index contributed by atoms with van der Waals surface area (Å²) in [7, 11) is 0. The third kappa shape index (κ3) is 5.06. The highest BCUT2D eigenvalue weighted by atomic mass is 16.2. The zero-order valence-corrected chi connectivity index (χ0v) is 17.7. The second kappa shape index (κ2) is 8.68. The number of nitrogens with one attached hydrogen (secondary N) is 1. The molecule has 3 rings (SSSR count). The van der Waals surface area contributed by atoms with Crippen molar-refractivity contribution in [2.45, 2.75) is 39.5 Å². The van der Waals surface area contributed by atoms with E-state index >= 15 is 0 Å². The van der Waals surface area contributed by atoms with Gasteiger partial charge >= 0.3 is 0 Å². The lowest BCUT2D eigenvalue weighted by atomic mass is 9.86. The van der Waals surface area contributed by atoms with Gasteiger partial charge in [-0.3, -0.25) is 4.79 Å². The molecule has 2 aromatic rings. The average molecular weight is 380 g/mol. The Morgan fingerprint density at radius 2 is 1.71 bits per heavy atom. The predicted octanol–water partition coefficient (Wildman–Crippen LogP) is 4.44. The summed E-state index contributed by atoms with van der Waals surface area (Å²) in [5.74, 6) is 0.240. The molecule has 0 bridgehead atoms. The third-order valence-electron chi connectivity index (χ3n) is 5.39. The van der Waals surface area contributed by atoms with Gasteiger partial charge in [0.1, 0.15) is 0 Å². The molecule has 4 heteroatoms. The summed E-state index contributed by atoms with van der Waals surface area (Å²) in [6, 6.07) is 17.0. The van der Waals surface area contributed by atoms with E-state index in [9.17, 15) is 4.79 Å². The Balaban J connectivity index is 1.48. The second-order valence-electron chi connectivity index (χ2n) is 8.68. The van der Waals surface area contributed by atoms with E-state index in [2.05, 4.69) is 80.4 Å². The van der Waals surface area contributed by atoms with Crippen molar-refractivity contribution in [2.75, 3.05) is 42.9 Å². The monoisotopic (exact) mass is 379 g/mol. The standard InChI is InChI=1S/C24H33N3O/c1-19-8-7-9-20(18-19)26-14-16-27(17-15-26)23(28)12-13-25-22-11-6-5-10-21(22)24(2,3)4/h5-11,18,25H,12-17H2,1-4H3. The molecule has 150 valence electrons. The number of hydrogen-bond acceptors (Lipinski definition) is 3. The van der Waals surface area contributed by atoms with Crippen LogP contribution in [0.4, 0.5) is 11.4 Å². The molecular formula is C24H33N3O. The van der Waals surface area contributed by atoms with Crippen LogP contribution >= 0.6 is 0 Å². The van der Waals surface area contributed by atoms with Crippen molar-refractivity contribution in [1.82, 2.24) is 4.90 Å². The van der Waals surface area contributed by atoms with Crippen LogP contribution in [0, 0.1) is 6.92 Å². The maximum Gasteiger partial charge on any atom is 0.224 e. The molecule has 1 heterocycles. The van der Waals surface area contributed by atoms with Gasteiger partial charge in [0.2, 0.25) is 5.91 Å². The number of nitrogens with zero attached hydrogens (tertiary/aromatic N) is 2. The lowest BCUT2D eigenvalue weighted by Crippen LogP contribution is -2.49. The van der Waals surface area contributed by atoms with E-state index in [1.165, 1.54) is 16.8 Å². The second-order valence-corrected chi connectivity index (χ2v) is 8.68. The number of anilines is 2. The third-order valence-corrected chi connectivity index (χ3v) is 5.39. The maximum atomic E-state index is 12.6. The number of hydrogen-bond donors (Lipinski definition) is 1. The minimum atomic E-state index is 0.0831. The molecule has 1 aliphatic heterocycles. The normalized spacial score (nSPS) is 14.9. The number of carbonyl (C=O) groups is 1. The van der Waals surface area contributed by atoms with Crippen molar-refractivity contribution in [3.63, 3.8) is 0 Å². The van der Waals surface area contributed by atoms with Crippen LogP contribution in [-0.4, -0.2) is 43.5 Å². The quantitative estimate of drug-likeness (QED) is 0.834. The van der Waals surface area contributed by atoms with E-state index < -0.39 is 0 Å². The number of piperazine rings is 1. The van der Waals surface area contributed by atoms with Gasteiger partial charge in [0.05, 0.1) is 0 Å². The molecule has 4 nitrogen and oxygen atoms in total. The van der Waals surface area contributed by atoms with Crippen LogP contribution in [0.2, 0.25) is 0 Å². The molecule has 1 aliphatic rings. The Labute approximate surface area is 169 Å². The number of benzene rings is 2. The van der Waals surface area contributed by atoms with Gasteiger partial charge in [-0.1, -0.05) is 51.1 Å². The maximum absolute atomic E-state index is 12.6. The van der Waals surface area contributed by atoms with Crippen LogP contribution in [0.1, 0.15) is 38.3 Å². The summed E-state index contributed by atoms with van der Waals surface area (Å²) in [5.41, 5.74) is 5.03. The molecule has 0 unspecified atom stereocenters. The van der Waals surface area contributed by atoms with E-state index in [1.807, 2.05) is 11.0 Å². The van der Waals surface area contributed by atoms with Crippen LogP contribution in [0.3, 0.4) is 0 Å². The fourth-order valence-electron chi connectivity index (χ4n) is 3.79. The van der Waals surface area contributed by atoms with Crippen molar-refractivity contribution in [3.05, 3.63) is 59.7 Å². The summed E-state index contributed by atoms with van der Waals surface area (Å²) < 4.78 is 0. The van der Waals surface area contributed by atoms with Crippen LogP contribution in [-0.2, 0) is 10.2 Å². The molecule has 0 saturated carbocycles. The lowest BCUT2D eigenvalue weighted by Gasteiger charge is -2.36. The highest BCUT2D eigenvalue weighted by molar-refractivity contribution is 5.77. The first-order valence-corrected chi connectivity index (χ1v) is 10.3. The van der Waals surface area contributed by atoms with Crippen molar-refractivity contribution in [3.8, 4) is 0 Å². The lowest BCUT2D eigenvalue weighted by molar-refractivity contribution is -0.131. The first-order chi connectivity index (χ1) is 13.3. The smallest absolute Gasteiger partial charge is 0.224 e. The van der Waals surface area contributed by atoms with Crippen molar-refractivity contribution in [1.29, 1.82) is 0 Å². The Kier molecular flexibility index (Phi) is 6.28. The Hall–Kier alpha value is -2.49. The van der Waals surface area contributed by atoms with Crippen LogP contribution in [0.15, 0.2) is 48.5 Å². The van der Waals surface area contributed by atoms with Crippen molar-refractivity contribution >= 4 is 17.3 Å². The SMILES string of the molecule is Cc1cccc(N2CCN(C(=O)CCNc3ccccc3C(C)(C)C)CC2)c1. The molecule has 1 N–H and O–H groups in total. The fraction of sp³-hybridized carbons (Fsp3) is 0.458. The van der Waals surface area contributed by atoms with Gasteiger partial charge < -0.3 is 15.1 Å². The summed E-state index contributed by atoms with van der Waals surface area (Å²) >= 11 is 0. The fourth-order valence-corrected chi connectivity index (χ4v) is 3.79. The minimum Gasteiger partial charge on any atom is -0.384 e. The zero-order valence-electron chi connectivity index (χ0n) is 17.7. The van der Waals surface area contributed by atoms with Gasteiger partial charge in [-0.15, -0.1) is 0 Å². The van der Waals surface area contributed by atoms with Crippen molar-refractivity contribution in [2.24, 2.45) is 0 Å². The molecule has 0 spiro atoms. The molecule has 0 aliphatic carbocycles. The largest absolute Gasteiger partial charge is 0.384 e. The number of para-hydroxylation sites is 1. The first-order valence-electron chi connectivity index (χ1n) is 10.3. The van der Waals surface area contributed by atoms with Crippen LogP contribution in [0.25, 0.3) is 0 Å². The molecule has 0 atom stereocenters. The van der Waals surface area contributed by atoms with E-state index in [1.54, 1.807) is 0 Å². The number of amides is 1. The summed E-state index contributed by atoms with van der Waals surface area (Å²) in [5, 5.41) is 3.47. The molecule has 28 heavy (non-hydrogen) atoms. The molecule has 0 aromatic heterocycles. The minimum absolute atomic E-state index is 0.0831. The first kappa shape index (κ1) is 20.2. The van der Waals surface area contributed by atoms with Gasteiger partial charge in [-0.2, -0.15) is 0 Å². The van der Waals surface area contributed by atoms with E-state index in [0.29, 0.717) is 13.0 Å². The summed E-state index contributed by atoms with van der Waals surface area (Å²) in [6.07, 6.45) is 0.531. The number of rotatable bonds is 5. The van der Waals surface area contributed by atoms with Gasteiger partial charge in [-0.05, 0) is 41.7 Å². The predicted molar refractivity (Wildman–Crippen MR) is 118 cm³/mol. The van der Waals surface area contributed by atoms with E-state index in [0.717, 1.165) is 31.9 Å². The molecule has 1 saturated heterocycles. The van der Waals surface area contributed by atoms with Gasteiger partial charge in [0.25, 0.3) is 0 Å². The molecule has 0 radical (unpaired) electrons. The number of aryl methyl sites for hydroxylation is 1. The Morgan fingerprint density at radius 3 is 2.39 bits per heavy atom. The summed E-state index contributed by atoms with van der Waals surface area (Å²) in [4.78, 5) is 17.0. The van der Waals surface area contributed by atoms with Crippen molar-refractivity contribution < 1.29 is 4.79 Å². The van der Waals surface area contributed by atoms with Crippen LogP contribution < -0.4 is 10.2 Å². The van der Waals surface area contributed by atoms with Gasteiger partial charge in [0, 0.05) is 50.5 Å². The average Bonchev–Trinajstić information content (AvgIpc) is 2.67. The summed E-state index contributed by atoms with van der Waals surface area (Å²) in [6.45, 7) is 12.8. The topological polar surface area (TPSA) is 35.6 Å².